The summed E-state index contributed by atoms with van der Waals surface area (Å²) in [5.74, 6) is 0.566. The molecule has 0 spiro atoms. The van der Waals surface area contributed by atoms with Crippen molar-refractivity contribution in [2.24, 2.45) is 0 Å². The molecule has 1 atom stereocenters. The lowest BCUT2D eigenvalue weighted by Gasteiger charge is -2.21. The first-order valence-electron chi connectivity index (χ1n) is 8.92. The van der Waals surface area contributed by atoms with E-state index >= 15 is 0 Å². The van der Waals surface area contributed by atoms with Gasteiger partial charge < -0.3 is 14.2 Å². The van der Waals surface area contributed by atoms with E-state index in [9.17, 15) is 13.2 Å². The van der Waals surface area contributed by atoms with Gasteiger partial charge >= 0.3 is 6.18 Å². The molecule has 0 radical (unpaired) electrons. The van der Waals surface area contributed by atoms with Crippen LogP contribution in [0.2, 0.25) is 0 Å². The Hall–Kier alpha value is -3.07. The highest BCUT2D eigenvalue weighted by atomic mass is 19.4. The van der Waals surface area contributed by atoms with Crippen LogP contribution in [0.4, 0.5) is 13.2 Å². The largest absolute Gasteiger partial charge is 0.496 e. The number of halogens is 3. The third kappa shape index (κ3) is 3.77. The van der Waals surface area contributed by atoms with E-state index in [0.717, 1.165) is 17.3 Å². The van der Waals surface area contributed by atoms with Gasteiger partial charge in [0.15, 0.2) is 0 Å². The second kappa shape index (κ2) is 7.40. The van der Waals surface area contributed by atoms with Crippen molar-refractivity contribution in [1.82, 2.24) is 14.8 Å². The van der Waals surface area contributed by atoms with Crippen LogP contribution in [0.25, 0.3) is 5.69 Å². The molecule has 3 aromatic rings. The van der Waals surface area contributed by atoms with Crippen molar-refractivity contribution in [2.75, 3.05) is 7.11 Å². The Morgan fingerprint density at radius 2 is 2.07 bits per heavy atom. The smallest absolute Gasteiger partial charge is 0.419 e. The topological polar surface area (TPSA) is 58.4 Å². The van der Waals surface area contributed by atoms with E-state index in [-0.39, 0.29) is 11.9 Å². The van der Waals surface area contributed by atoms with Crippen LogP contribution in [0.15, 0.2) is 42.7 Å². The van der Waals surface area contributed by atoms with Crippen molar-refractivity contribution in [1.29, 1.82) is 0 Å². The predicted octanol–water partition coefficient (Wildman–Crippen LogP) is 4.55. The summed E-state index contributed by atoms with van der Waals surface area (Å²) < 4.78 is 57.7. The maximum absolute atomic E-state index is 13.2. The molecule has 2 aromatic heterocycles. The Morgan fingerprint density at radius 1 is 1.24 bits per heavy atom. The number of hydrogen-bond acceptors (Lipinski definition) is 5. The number of hydrogen-bond donors (Lipinski definition) is 0. The Balaban J connectivity index is 1.79. The van der Waals surface area contributed by atoms with E-state index in [1.165, 1.54) is 19.2 Å². The summed E-state index contributed by atoms with van der Waals surface area (Å²) in [6, 6.07) is 7.16. The van der Waals surface area contributed by atoms with Crippen molar-refractivity contribution in [3.63, 3.8) is 0 Å². The van der Waals surface area contributed by atoms with E-state index in [4.69, 9.17) is 14.2 Å². The first-order chi connectivity index (χ1) is 13.9. The molecule has 0 N–H and O–H groups in total. The normalized spacial score (nSPS) is 16.4. The average molecular weight is 405 g/mol. The molecule has 152 valence electrons. The number of rotatable bonds is 4. The van der Waals surface area contributed by atoms with Crippen LogP contribution in [0.5, 0.6) is 17.4 Å². The molecule has 0 fully saturated rings. The second-order valence-corrected chi connectivity index (χ2v) is 6.64. The Morgan fingerprint density at radius 3 is 2.76 bits per heavy atom. The molecule has 3 heterocycles. The molecule has 6 nitrogen and oxygen atoms in total. The van der Waals surface area contributed by atoms with E-state index in [1.807, 2.05) is 6.92 Å². The fourth-order valence-electron chi connectivity index (χ4n) is 3.23. The van der Waals surface area contributed by atoms with Crippen molar-refractivity contribution < 1.29 is 27.4 Å². The molecular weight excluding hydrogens is 387 g/mol. The van der Waals surface area contributed by atoms with E-state index in [1.54, 1.807) is 29.2 Å². The monoisotopic (exact) mass is 405 g/mol. The summed E-state index contributed by atoms with van der Waals surface area (Å²) in [5, 5.41) is 4.51. The third-order valence-electron chi connectivity index (χ3n) is 4.63. The van der Waals surface area contributed by atoms with Crippen LogP contribution in [-0.2, 0) is 23.9 Å². The molecule has 29 heavy (non-hydrogen) atoms. The maximum Gasteiger partial charge on any atom is 0.419 e. The summed E-state index contributed by atoms with van der Waals surface area (Å²) in [6.07, 6.45) is -0.841. The van der Waals surface area contributed by atoms with Crippen molar-refractivity contribution in [2.45, 2.75) is 32.2 Å². The highest BCUT2D eigenvalue weighted by Crippen LogP contribution is 2.39. The minimum Gasteiger partial charge on any atom is -0.496 e. The summed E-state index contributed by atoms with van der Waals surface area (Å²) in [5.41, 5.74) is 1.19. The lowest BCUT2D eigenvalue weighted by Crippen LogP contribution is -2.21. The lowest BCUT2D eigenvalue weighted by molar-refractivity contribution is -0.138. The molecule has 0 bridgehead atoms. The summed E-state index contributed by atoms with van der Waals surface area (Å²) in [4.78, 5) is 4.01. The number of ether oxygens (including phenoxy) is 3. The summed E-state index contributed by atoms with van der Waals surface area (Å²) >= 11 is 0. The SMILES string of the molecule is COc1cc(-n2nc(Oc3cccnc3)c3c2C[C@@H](C)OC3)ccc1C(F)(F)F. The van der Waals surface area contributed by atoms with Crippen molar-refractivity contribution in [3.8, 4) is 23.1 Å². The molecule has 1 aliphatic heterocycles. The van der Waals surface area contributed by atoms with Gasteiger partial charge in [-0.2, -0.15) is 13.2 Å². The van der Waals surface area contributed by atoms with Crippen LogP contribution in [0.3, 0.4) is 0 Å². The molecule has 0 amide bonds. The second-order valence-electron chi connectivity index (χ2n) is 6.64. The molecule has 9 heteroatoms. The van der Waals surface area contributed by atoms with Crippen LogP contribution in [0, 0.1) is 0 Å². The van der Waals surface area contributed by atoms with Gasteiger partial charge in [-0.15, -0.1) is 5.10 Å². The number of nitrogens with zero attached hydrogens (tertiary/aromatic N) is 3. The van der Waals surface area contributed by atoms with Gasteiger partial charge in [-0.05, 0) is 31.2 Å². The minimum atomic E-state index is -4.51. The Kier molecular flexibility index (Phi) is 4.91. The lowest BCUT2D eigenvalue weighted by atomic mass is 10.1. The minimum absolute atomic E-state index is 0.0551. The van der Waals surface area contributed by atoms with Crippen LogP contribution in [0.1, 0.15) is 23.7 Å². The fraction of sp³-hybridized carbons (Fsp3) is 0.300. The van der Waals surface area contributed by atoms with E-state index < -0.39 is 11.7 Å². The first-order valence-corrected chi connectivity index (χ1v) is 8.92. The van der Waals surface area contributed by atoms with Crippen molar-refractivity contribution >= 4 is 0 Å². The third-order valence-corrected chi connectivity index (χ3v) is 4.63. The van der Waals surface area contributed by atoms with Gasteiger partial charge in [0.1, 0.15) is 11.5 Å². The van der Waals surface area contributed by atoms with Crippen LogP contribution >= 0.6 is 0 Å². The number of fused-ring (bicyclic) bond motifs is 1. The highest BCUT2D eigenvalue weighted by molar-refractivity contribution is 5.49. The summed E-state index contributed by atoms with van der Waals surface area (Å²) in [7, 11) is 1.21. The van der Waals surface area contributed by atoms with Gasteiger partial charge in [-0.3, -0.25) is 4.98 Å². The van der Waals surface area contributed by atoms with Gasteiger partial charge in [0.05, 0.1) is 48.5 Å². The first kappa shape index (κ1) is 19.3. The van der Waals surface area contributed by atoms with Gasteiger partial charge in [0, 0.05) is 18.7 Å². The van der Waals surface area contributed by atoms with Gasteiger partial charge in [-0.1, -0.05) is 0 Å². The molecule has 0 unspecified atom stereocenters. The number of benzene rings is 1. The van der Waals surface area contributed by atoms with Crippen molar-refractivity contribution in [3.05, 3.63) is 59.5 Å². The Bertz CT molecular complexity index is 1020. The Labute approximate surface area is 164 Å². The zero-order valence-corrected chi connectivity index (χ0v) is 15.7. The zero-order chi connectivity index (χ0) is 20.6. The molecule has 1 aliphatic rings. The average Bonchev–Trinajstić information content (AvgIpc) is 3.05. The predicted molar refractivity (Wildman–Crippen MR) is 97.4 cm³/mol. The summed E-state index contributed by atoms with van der Waals surface area (Å²) in [6.45, 7) is 2.22. The zero-order valence-electron chi connectivity index (χ0n) is 15.7. The molecule has 0 aliphatic carbocycles. The quantitative estimate of drug-likeness (QED) is 0.638. The highest BCUT2D eigenvalue weighted by Gasteiger charge is 2.35. The van der Waals surface area contributed by atoms with Gasteiger partial charge in [-0.25, -0.2) is 4.68 Å². The molecule has 4 rings (SSSR count). The number of aromatic nitrogens is 3. The van der Waals surface area contributed by atoms with Crippen LogP contribution < -0.4 is 9.47 Å². The van der Waals surface area contributed by atoms with E-state index in [2.05, 4.69) is 10.1 Å². The maximum atomic E-state index is 13.2. The fourth-order valence-corrected chi connectivity index (χ4v) is 3.23. The standard InChI is InChI=1S/C20H18F3N3O3/c1-12-8-17-15(11-28-12)19(29-14-4-3-7-24-10-14)25-26(17)13-5-6-16(20(21,22)23)18(9-13)27-2/h3-7,9-10,12H,8,11H2,1-2H3/t12-/m1/s1. The molecule has 0 saturated heterocycles. The van der Waals surface area contributed by atoms with Crippen LogP contribution in [-0.4, -0.2) is 28.0 Å². The van der Waals surface area contributed by atoms with Gasteiger partial charge in [0.2, 0.25) is 5.88 Å². The van der Waals surface area contributed by atoms with Gasteiger partial charge in [0.25, 0.3) is 0 Å². The number of methoxy groups -OCH3 is 1. The molecular formula is C20H18F3N3O3. The molecule has 0 saturated carbocycles. The number of alkyl halides is 3. The molecule has 1 aromatic carbocycles. The van der Waals surface area contributed by atoms with E-state index in [0.29, 0.717) is 30.3 Å². The number of pyridine rings is 1.